The molecule has 0 aromatic heterocycles. The van der Waals surface area contributed by atoms with E-state index in [1.165, 1.54) is 11.3 Å². The maximum absolute atomic E-state index is 10.9. The minimum absolute atomic E-state index is 0.328. The normalized spacial score (nSPS) is 20.2. The maximum atomic E-state index is 10.9. The fourth-order valence-electron chi connectivity index (χ4n) is 2.66. The molecule has 92 valence electrons. The molecule has 0 saturated carbocycles. The first-order valence-electron chi connectivity index (χ1n) is 6.06. The van der Waals surface area contributed by atoms with E-state index in [-0.39, 0.29) is 5.92 Å². The molecule has 0 bridgehead atoms. The van der Waals surface area contributed by atoms with Crippen LogP contribution in [-0.2, 0) is 11.2 Å². The van der Waals surface area contributed by atoms with Gasteiger partial charge in [-0.15, -0.1) is 0 Å². The zero-order chi connectivity index (χ0) is 12.6. The molecule has 1 aliphatic rings. The van der Waals surface area contributed by atoms with Gasteiger partial charge in [0.1, 0.15) is 0 Å². The first kappa shape index (κ1) is 12.0. The maximum Gasteiger partial charge on any atom is 0.306 e. The average Bonchev–Trinajstić information content (AvgIpc) is 2.55. The molecule has 0 fully saturated rings. The van der Waals surface area contributed by atoms with Gasteiger partial charge in [0.15, 0.2) is 0 Å². The molecular weight excluding hydrogens is 214 g/mol. The Balaban J connectivity index is 2.34. The van der Waals surface area contributed by atoms with Crippen molar-refractivity contribution in [2.24, 2.45) is 5.92 Å². The predicted octanol–water partition coefficient (Wildman–Crippen LogP) is 2.50. The number of hydrogen-bond donors (Lipinski definition) is 1. The Morgan fingerprint density at radius 1 is 1.59 bits per heavy atom. The summed E-state index contributed by atoms with van der Waals surface area (Å²) < 4.78 is 0. The molecule has 1 heterocycles. The summed E-state index contributed by atoms with van der Waals surface area (Å²) in [6.07, 6.45) is 0.607. The van der Waals surface area contributed by atoms with Crippen LogP contribution in [0, 0.1) is 5.92 Å². The Bertz CT molecular complexity index is 442. The van der Waals surface area contributed by atoms with Crippen molar-refractivity contribution in [3.8, 4) is 0 Å². The average molecular weight is 233 g/mol. The summed E-state index contributed by atoms with van der Waals surface area (Å²) in [6, 6.07) is 6.24. The SMILES string of the molecule is CC(Cc1cccc2c1N(C)CC2C)C(=O)O. The van der Waals surface area contributed by atoms with Crippen molar-refractivity contribution >= 4 is 11.7 Å². The van der Waals surface area contributed by atoms with Gasteiger partial charge in [0, 0.05) is 25.2 Å². The van der Waals surface area contributed by atoms with Gasteiger partial charge in [-0.25, -0.2) is 0 Å². The van der Waals surface area contributed by atoms with Gasteiger partial charge in [-0.1, -0.05) is 32.0 Å². The number of carbonyl (C=O) groups is 1. The van der Waals surface area contributed by atoms with Crippen LogP contribution < -0.4 is 4.90 Å². The molecule has 2 rings (SSSR count). The molecule has 1 N–H and O–H groups in total. The second kappa shape index (κ2) is 4.40. The Morgan fingerprint density at radius 3 is 2.94 bits per heavy atom. The number of hydrogen-bond acceptors (Lipinski definition) is 2. The lowest BCUT2D eigenvalue weighted by molar-refractivity contribution is -0.141. The third kappa shape index (κ3) is 2.14. The fourth-order valence-corrected chi connectivity index (χ4v) is 2.66. The highest BCUT2D eigenvalue weighted by Crippen LogP contribution is 2.38. The van der Waals surface area contributed by atoms with Crippen molar-refractivity contribution < 1.29 is 9.90 Å². The van der Waals surface area contributed by atoms with E-state index in [1.54, 1.807) is 6.92 Å². The van der Waals surface area contributed by atoms with Crippen molar-refractivity contribution in [1.82, 2.24) is 0 Å². The van der Waals surface area contributed by atoms with Gasteiger partial charge in [0.05, 0.1) is 5.92 Å². The van der Waals surface area contributed by atoms with E-state index in [0.717, 1.165) is 12.1 Å². The molecule has 3 heteroatoms. The number of nitrogens with zero attached hydrogens (tertiary/aromatic N) is 1. The van der Waals surface area contributed by atoms with E-state index in [2.05, 4.69) is 24.9 Å². The van der Waals surface area contributed by atoms with Gasteiger partial charge in [0.25, 0.3) is 0 Å². The van der Waals surface area contributed by atoms with Crippen LogP contribution in [0.1, 0.15) is 30.9 Å². The molecule has 1 aliphatic heterocycles. The molecule has 0 spiro atoms. The summed E-state index contributed by atoms with van der Waals surface area (Å²) in [5, 5.41) is 9.00. The number of benzene rings is 1. The van der Waals surface area contributed by atoms with Gasteiger partial charge < -0.3 is 10.0 Å². The Hall–Kier alpha value is -1.51. The van der Waals surface area contributed by atoms with Crippen molar-refractivity contribution in [3.63, 3.8) is 0 Å². The Morgan fingerprint density at radius 2 is 2.29 bits per heavy atom. The first-order valence-corrected chi connectivity index (χ1v) is 6.06. The molecule has 0 aliphatic carbocycles. The van der Waals surface area contributed by atoms with Crippen LogP contribution in [0.15, 0.2) is 18.2 Å². The summed E-state index contributed by atoms with van der Waals surface area (Å²) >= 11 is 0. The lowest BCUT2D eigenvalue weighted by Gasteiger charge is -2.18. The molecule has 2 unspecified atom stereocenters. The predicted molar refractivity (Wildman–Crippen MR) is 68.6 cm³/mol. The summed E-state index contributed by atoms with van der Waals surface area (Å²) in [7, 11) is 2.08. The number of aliphatic carboxylic acids is 1. The van der Waals surface area contributed by atoms with Crippen LogP contribution in [0.2, 0.25) is 0 Å². The summed E-state index contributed by atoms with van der Waals surface area (Å²) in [4.78, 5) is 13.2. The quantitative estimate of drug-likeness (QED) is 0.872. The second-order valence-electron chi connectivity index (χ2n) is 5.08. The summed E-state index contributed by atoms with van der Waals surface area (Å²) in [5.41, 5.74) is 3.75. The standard InChI is InChI=1S/C14H19NO2/c1-9(14(16)17)7-11-5-4-6-12-10(2)8-15(3)13(11)12/h4-6,9-10H,7-8H2,1-3H3,(H,16,17). The molecule has 0 saturated heterocycles. The topological polar surface area (TPSA) is 40.5 Å². The number of likely N-dealkylation sites (N-methyl/N-ethyl adjacent to an activating group) is 1. The zero-order valence-corrected chi connectivity index (χ0v) is 10.6. The smallest absolute Gasteiger partial charge is 0.306 e. The van der Waals surface area contributed by atoms with Crippen molar-refractivity contribution in [1.29, 1.82) is 0 Å². The molecule has 1 aromatic carbocycles. The lowest BCUT2D eigenvalue weighted by Crippen LogP contribution is -2.17. The van der Waals surface area contributed by atoms with Crippen LogP contribution in [0.4, 0.5) is 5.69 Å². The van der Waals surface area contributed by atoms with Crippen molar-refractivity contribution in [2.45, 2.75) is 26.2 Å². The summed E-state index contributed by atoms with van der Waals surface area (Å²) in [6.45, 7) is 5.00. The highest BCUT2D eigenvalue weighted by Gasteiger charge is 2.26. The van der Waals surface area contributed by atoms with Crippen LogP contribution in [0.3, 0.4) is 0 Å². The van der Waals surface area contributed by atoms with Gasteiger partial charge in [-0.05, 0) is 17.5 Å². The molecule has 17 heavy (non-hydrogen) atoms. The van der Waals surface area contributed by atoms with Crippen molar-refractivity contribution in [3.05, 3.63) is 29.3 Å². The largest absolute Gasteiger partial charge is 0.481 e. The third-order valence-corrected chi connectivity index (χ3v) is 3.56. The molecule has 2 atom stereocenters. The molecule has 1 aromatic rings. The van der Waals surface area contributed by atoms with Gasteiger partial charge in [-0.3, -0.25) is 4.79 Å². The van der Waals surface area contributed by atoms with Gasteiger partial charge in [0.2, 0.25) is 0 Å². The van der Waals surface area contributed by atoms with E-state index < -0.39 is 5.97 Å². The molecule has 0 amide bonds. The number of rotatable bonds is 3. The monoisotopic (exact) mass is 233 g/mol. The molecule has 3 nitrogen and oxygen atoms in total. The lowest BCUT2D eigenvalue weighted by atomic mass is 9.95. The second-order valence-corrected chi connectivity index (χ2v) is 5.08. The molecule has 0 radical (unpaired) electrons. The minimum Gasteiger partial charge on any atom is -0.481 e. The van der Waals surface area contributed by atoms with Crippen LogP contribution in [0.25, 0.3) is 0 Å². The van der Waals surface area contributed by atoms with Crippen LogP contribution >= 0.6 is 0 Å². The van der Waals surface area contributed by atoms with Crippen LogP contribution in [-0.4, -0.2) is 24.7 Å². The number of fused-ring (bicyclic) bond motifs is 1. The zero-order valence-electron chi connectivity index (χ0n) is 10.6. The van der Waals surface area contributed by atoms with E-state index in [4.69, 9.17) is 5.11 Å². The van der Waals surface area contributed by atoms with Crippen molar-refractivity contribution in [2.75, 3.05) is 18.5 Å². The van der Waals surface area contributed by atoms with E-state index in [9.17, 15) is 4.79 Å². The molecular formula is C14H19NO2. The Labute approximate surface area is 102 Å². The number of carboxylic acid groups (broad SMARTS) is 1. The van der Waals surface area contributed by atoms with E-state index in [0.29, 0.717) is 12.3 Å². The van der Waals surface area contributed by atoms with Gasteiger partial charge >= 0.3 is 5.97 Å². The van der Waals surface area contributed by atoms with Gasteiger partial charge in [-0.2, -0.15) is 0 Å². The number of carboxylic acids is 1. The number of anilines is 1. The minimum atomic E-state index is -0.726. The van der Waals surface area contributed by atoms with Crippen LogP contribution in [0.5, 0.6) is 0 Å². The third-order valence-electron chi connectivity index (χ3n) is 3.56. The summed E-state index contributed by atoms with van der Waals surface area (Å²) in [5.74, 6) is -0.516. The van der Waals surface area contributed by atoms with E-state index in [1.807, 2.05) is 12.1 Å². The Kier molecular flexibility index (Phi) is 3.09. The van der Waals surface area contributed by atoms with E-state index >= 15 is 0 Å². The highest BCUT2D eigenvalue weighted by molar-refractivity contribution is 5.71. The highest BCUT2D eigenvalue weighted by atomic mass is 16.4. The number of para-hydroxylation sites is 1. The first-order chi connectivity index (χ1) is 8.00. The fraction of sp³-hybridized carbons (Fsp3) is 0.500.